The van der Waals surface area contributed by atoms with Crippen LogP contribution in [-0.2, 0) is 6.42 Å². The summed E-state index contributed by atoms with van der Waals surface area (Å²) in [7, 11) is 1.55. The molecule has 0 amide bonds. The number of rotatable bonds is 3. The third-order valence-electron chi connectivity index (χ3n) is 4.84. The van der Waals surface area contributed by atoms with E-state index in [2.05, 4.69) is 22.6 Å². The molecule has 1 atom stereocenters. The number of hydrogen-bond acceptors (Lipinski definition) is 2. The predicted molar refractivity (Wildman–Crippen MR) is 110 cm³/mol. The Balaban J connectivity index is 1.66. The maximum Gasteiger partial charge on any atom is 0.405 e. The molecule has 0 saturated heterocycles. The van der Waals surface area contributed by atoms with E-state index in [0.29, 0.717) is 11.3 Å². The minimum absolute atomic E-state index is 0.224. The topological polar surface area (TPSA) is 18.5 Å². The Labute approximate surface area is 170 Å². The second-order valence-electron chi connectivity index (χ2n) is 6.52. The molecule has 27 heavy (non-hydrogen) atoms. The van der Waals surface area contributed by atoms with E-state index in [9.17, 15) is 8.78 Å². The molecule has 5 heteroatoms. The van der Waals surface area contributed by atoms with Gasteiger partial charge in [-0.05, 0) is 81.6 Å². The molecular weight excluding hydrogens is 461 g/mol. The fourth-order valence-electron chi connectivity index (χ4n) is 3.34. The highest BCUT2D eigenvalue weighted by molar-refractivity contribution is 14.1. The molecule has 0 aliphatic carbocycles. The van der Waals surface area contributed by atoms with Crippen molar-refractivity contribution in [2.45, 2.75) is 18.4 Å². The minimum Gasteiger partial charge on any atom is -0.497 e. The smallest absolute Gasteiger partial charge is 0.405 e. The van der Waals surface area contributed by atoms with Gasteiger partial charge < -0.3 is 9.47 Å². The van der Waals surface area contributed by atoms with Crippen LogP contribution in [0.4, 0.5) is 8.78 Å². The van der Waals surface area contributed by atoms with Gasteiger partial charge in [0, 0.05) is 3.57 Å². The number of fused-ring (bicyclic) bond motifs is 1. The van der Waals surface area contributed by atoms with Crippen LogP contribution in [0.15, 0.2) is 66.7 Å². The lowest BCUT2D eigenvalue weighted by molar-refractivity contribution is -0.201. The van der Waals surface area contributed by atoms with Crippen molar-refractivity contribution in [2.75, 3.05) is 7.11 Å². The van der Waals surface area contributed by atoms with E-state index in [0.717, 1.165) is 20.3 Å². The number of benzene rings is 3. The van der Waals surface area contributed by atoms with E-state index in [-0.39, 0.29) is 12.2 Å². The van der Waals surface area contributed by atoms with Gasteiger partial charge >= 0.3 is 6.11 Å². The van der Waals surface area contributed by atoms with Gasteiger partial charge in [-0.3, -0.25) is 0 Å². The third kappa shape index (κ3) is 3.65. The van der Waals surface area contributed by atoms with Crippen LogP contribution in [0.25, 0.3) is 11.1 Å². The molecule has 1 heterocycles. The Morgan fingerprint density at radius 2 is 1.63 bits per heavy atom. The third-order valence-corrected chi connectivity index (χ3v) is 5.56. The summed E-state index contributed by atoms with van der Waals surface area (Å²) in [5, 5.41) is 0. The Morgan fingerprint density at radius 3 is 2.30 bits per heavy atom. The average molecular weight is 478 g/mol. The lowest BCUT2D eigenvalue weighted by atomic mass is 9.87. The molecule has 0 fully saturated rings. The Hall–Kier alpha value is -2.15. The Kier molecular flexibility index (Phi) is 4.80. The van der Waals surface area contributed by atoms with Gasteiger partial charge in [-0.1, -0.05) is 36.4 Å². The fraction of sp³-hybridized carbons (Fsp3) is 0.182. The molecule has 3 aromatic rings. The molecule has 0 saturated carbocycles. The van der Waals surface area contributed by atoms with Gasteiger partial charge in [0.1, 0.15) is 11.5 Å². The second kappa shape index (κ2) is 7.11. The molecule has 0 spiro atoms. The highest BCUT2D eigenvalue weighted by Crippen LogP contribution is 2.45. The highest BCUT2D eigenvalue weighted by Gasteiger charge is 2.47. The Bertz CT molecular complexity index is 953. The summed E-state index contributed by atoms with van der Waals surface area (Å²) >= 11 is 2.24. The summed E-state index contributed by atoms with van der Waals surface area (Å²) in [6, 6.07) is 20.2. The standard InChI is InChI=1S/C22H17F2IO2/c1-26-19-10-6-15(7-11-19)20-12-17-3-2-16(13-21(17)27-22(20,23)24)14-4-8-18(25)9-5-14/h2-11,13,20H,12H2,1H3. The van der Waals surface area contributed by atoms with E-state index in [4.69, 9.17) is 9.47 Å². The molecule has 3 aromatic carbocycles. The zero-order valence-corrected chi connectivity index (χ0v) is 16.7. The number of alkyl halides is 2. The van der Waals surface area contributed by atoms with E-state index >= 15 is 0 Å². The number of methoxy groups -OCH3 is 1. The van der Waals surface area contributed by atoms with Crippen molar-refractivity contribution < 1.29 is 18.3 Å². The normalized spacial score (nSPS) is 17.7. The first-order valence-electron chi connectivity index (χ1n) is 8.56. The summed E-state index contributed by atoms with van der Waals surface area (Å²) in [5.41, 5.74) is 3.16. The summed E-state index contributed by atoms with van der Waals surface area (Å²) in [6.07, 6.45) is -3.05. The van der Waals surface area contributed by atoms with Crippen LogP contribution in [0.1, 0.15) is 17.0 Å². The monoisotopic (exact) mass is 478 g/mol. The Morgan fingerprint density at radius 1 is 0.963 bits per heavy atom. The van der Waals surface area contributed by atoms with Crippen molar-refractivity contribution in [3.63, 3.8) is 0 Å². The van der Waals surface area contributed by atoms with Crippen molar-refractivity contribution >= 4 is 22.6 Å². The molecule has 138 valence electrons. The molecule has 4 rings (SSSR count). The van der Waals surface area contributed by atoms with Crippen molar-refractivity contribution in [3.05, 3.63) is 81.4 Å². The van der Waals surface area contributed by atoms with Gasteiger partial charge in [0.25, 0.3) is 0 Å². The van der Waals surface area contributed by atoms with Crippen LogP contribution >= 0.6 is 22.6 Å². The predicted octanol–water partition coefficient (Wildman–Crippen LogP) is 6.28. The molecule has 0 aromatic heterocycles. The van der Waals surface area contributed by atoms with Gasteiger partial charge in [-0.15, -0.1) is 0 Å². The van der Waals surface area contributed by atoms with E-state index in [1.54, 1.807) is 37.4 Å². The van der Waals surface area contributed by atoms with Gasteiger partial charge in [-0.25, -0.2) is 0 Å². The molecule has 1 unspecified atom stereocenters. The maximum atomic E-state index is 14.7. The van der Waals surface area contributed by atoms with Crippen LogP contribution in [0.5, 0.6) is 11.5 Å². The zero-order valence-electron chi connectivity index (χ0n) is 14.6. The average Bonchev–Trinajstić information content (AvgIpc) is 2.67. The van der Waals surface area contributed by atoms with Gasteiger partial charge in [0.15, 0.2) is 0 Å². The van der Waals surface area contributed by atoms with Crippen LogP contribution in [-0.4, -0.2) is 13.2 Å². The quantitative estimate of drug-likeness (QED) is 0.413. The number of ether oxygens (including phenoxy) is 2. The largest absolute Gasteiger partial charge is 0.497 e. The van der Waals surface area contributed by atoms with Gasteiger partial charge in [0.05, 0.1) is 13.0 Å². The number of halogens is 3. The summed E-state index contributed by atoms with van der Waals surface area (Å²) in [5.74, 6) is -0.137. The first-order chi connectivity index (χ1) is 13.0. The second-order valence-corrected chi connectivity index (χ2v) is 7.77. The maximum absolute atomic E-state index is 14.7. The van der Waals surface area contributed by atoms with Crippen molar-refractivity contribution in [2.24, 2.45) is 0 Å². The van der Waals surface area contributed by atoms with E-state index < -0.39 is 12.0 Å². The number of hydrogen-bond donors (Lipinski definition) is 0. The molecule has 1 aliphatic heterocycles. The first kappa shape index (κ1) is 18.2. The van der Waals surface area contributed by atoms with Crippen LogP contribution < -0.4 is 9.47 Å². The molecular formula is C22H17F2IO2. The van der Waals surface area contributed by atoms with Crippen molar-refractivity contribution in [3.8, 4) is 22.6 Å². The molecule has 0 N–H and O–H groups in total. The fourth-order valence-corrected chi connectivity index (χ4v) is 3.70. The van der Waals surface area contributed by atoms with Crippen LogP contribution in [0.2, 0.25) is 0 Å². The summed E-state index contributed by atoms with van der Waals surface area (Å²) < 4.78 is 40.9. The van der Waals surface area contributed by atoms with E-state index in [1.165, 1.54) is 0 Å². The molecule has 1 aliphatic rings. The van der Waals surface area contributed by atoms with E-state index in [1.807, 2.05) is 36.4 Å². The molecule has 2 nitrogen and oxygen atoms in total. The van der Waals surface area contributed by atoms with Crippen molar-refractivity contribution in [1.29, 1.82) is 0 Å². The highest BCUT2D eigenvalue weighted by atomic mass is 127. The summed E-state index contributed by atoms with van der Waals surface area (Å²) in [6.45, 7) is 0. The minimum atomic E-state index is -3.27. The molecule has 0 bridgehead atoms. The lowest BCUT2D eigenvalue weighted by Crippen LogP contribution is -2.38. The van der Waals surface area contributed by atoms with Crippen LogP contribution in [0, 0.1) is 3.57 Å². The van der Waals surface area contributed by atoms with Gasteiger partial charge in [0.2, 0.25) is 0 Å². The zero-order chi connectivity index (χ0) is 19.0. The van der Waals surface area contributed by atoms with Gasteiger partial charge in [-0.2, -0.15) is 8.78 Å². The lowest BCUT2D eigenvalue weighted by Gasteiger charge is -2.33. The van der Waals surface area contributed by atoms with Crippen molar-refractivity contribution in [1.82, 2.24) is 0 Å². The van der Waals surface area contributed by atoms with Crippen LogP contribution in [0.3, 0.4) is 0 Å². The summed E-state index contributed by atoms with van der Waals surface area (Å²) in [4.78, 5) is 0. The molecule has 0 radical (unpaired) electrons. The first-order valence-corrected chi connectivity index (χ1v) is 9.64. The SMILES string of the molecule is COc1ccc(C2Cc3ccc(-c4ccc(I)cc4)cc3OC2(F)F)cc1.